The summed E-state index contributed by atoms with van der Waals surface area (Å²) in [5.41, 5.74) is 0.932. The van der Waals surface area contributed by atoms with Crippen LogP contribution in [0.15, 0.2) is 54.6 Å². The highest BCUT2D eigenvalue weighted by Gasteiger charge is 2.05. The molecule has 0 fully saturated rings. The van der Waals surface area contributed by atoms with Crippen molar-refractivity contribution >= 4 is 23.0 Å². The van der Waals surface area contributed by atoms with Gasteiger partial charge in [-0.05, 0) is 48.6 Å². The van der Waals surface area contributed by atoms with Crippen LogP contribution in [0.3, 0.4) is 0 Å². The van der Waals surface area contributed by atoms with Gasteiger partial charge in [-0.15, -0.1) is 0 Å². The van der Waals surface area contributed by atoms with Gasteiger partial charge in [0.2, 0.25) is 0 Å². The van der Waals surface area contributed by atoms with Crippen molar-refractivity contribution in [3.63, 3.8) is 0 Å². The van der Waals surface area contributed by atoms with Crippen LogP contribution >= 0.6 is 12.2 Å². The van der Waals surface area contributed by atoms with Gasteiger partial charge >= 0.3 is 0 Å². The summed E-state index contributed by atoms with van der Waals surface area (Å²) in [6, 6.07) is 17.4. The Balaban J connectivity index is 1.76. The molecule has 2 aromatic rings. The Labute approximate surface area is 136 Å². The highest BCUT2D eigenvalue weighted by molar-refractivity contribution is 7.80. The zero-order valence-corrected chi connectivity index (χ0v) is 13.6. The van der Waals surface area contributed by atoms with Crippen LogP contribution in [0.25, 0.3) is 0 Å². The van der Waals surface area contributed by atoms with Crippen molar-refractivity contribution in [3.05, 3.63) is 54.6 Å². The van der Waals surface area contributed by atoms with Gasteiger partial charge in [-0.25, -0.2) is 0 Å². The van der Waals surface area contributed by atoms with Crippen molar-refractivity contribution in [1.82, 2.24) is 4.90 Å². The number of likely N-dealkylation sites (N-methyl/N-ethyl adjacent to an activating group) is 1. The van der Waals surface area contributed by atoms with Gasteiger partial charge in [-0.2, -0.15) is 0 Å². The summed E-state index contributed by atoms with van der Waals surface area (Å²) in [5, 5.41) is 3.84. The van der Waals surface area contributed by atoms with E-state index >= 15 is 0 Å². The maximum absolute atomic E-state index is 5.66. The fourth-order valence-electron chi connectivity index (χ4n) is 1.81. The number of benzene rings is 2. The van der Waals surface area contributed by atoms with Crippen molar-refractivity contribution in [2.75, 3.05) is 32.6 Å². The smallest absolute Gasteiger partial charge is 0.173 e. The molecule has 0 atom stereocenters. The maximum Gasteiger partial charge on any atom is 0.173 e. The van der Waals surface area contributed by atoms with Gasteiger partial charge in [0, 0.05) is 12.7 Å². The number of methoxy groups -OCH3 is 1. The molecule has 22 heavy (non-hydrogen) atoms. The molecule has 2 rings (SSSR count). The molecule has 116 valence electrons. The summed E-state index contributed by atoms with van der Waals surface area (Å²) in [4.78, 5) is 1.95. The summed E-state index contributed by atoms with van der Waals surface area (Å²) >= 11 is 5.38. The SMILES string of the molecule is COc1ccc(NC(=S)N(C)CCOc2ccccc2)cc1. The van der Waals surface area contributed by atoms with Crippen LogP contribution in [0, 0.1) is 0 Å². The lowest BCUT2D eigenvalue weighted by Crippen LogP contribution is -2.34. The zero-order chi connectivity index (χ0) is 15.8. The number of hydrogen-bond donors (Lipinski definition) is 1. The fourth-order valence-corrected chi connectivity index (χ4v) is 2.02. The molecule has 2 aromatic carbocycles. The Morgan fingerprint density at radius 3 is 2.36 bits per heavy atom. The third-order valence-electron chi connectivity index (χ3n) is 3.13. The number of hydrogen-bond acceptors (Lipinski definition) is 3. The molecule has 0 aromatic heterocycles. The number of para-hydroxylation sites is 1. The average molecular weight is 316 g/mol. The van der Waals surface area contributed by atoms with E-state index < -0.39 is 0 Å². The molecule has 0 bridgehead atoms. The number of rotatable bonds is 6. The first-order valence-electron chi connectivity index (χ1n) is 7.03. The molecule has 0 aliphatic rings. The monoisotopic (exact) mass is 316 g/mol. The van der Waals surface area contributed by atoms with Gasteiger partial charge in [0.05, 0.1) is 13.7 Å². The molecule has 0 radical (unpaired) electrons. The highest BCUT2D eigenvalue weighted by Crippen LogP contribution is 2.15. The minimum absolute atomic E-state index is 0.574. The second-order valence-electron chi connectivity index (χ2n) is 4.74. The topological polar surface area (TPSA) is 33.7 Å². The lowest BCUT2D eigenvalue weighted by atomic mass is 10.3. The Kier molecular flexibility index (Phi) is 6.03. The molecular formula is C17H20N2O2S. The number of nitrogens with zero attached hydrogens (tertiary/aromatic N) is 1. The molecule has 0 heterocycles. The summed E-state index contributed by atoms with van der Waals surface area (Å²) in [6.45, 7) is 1.28. The minimum Gasteiger partial charge on any atom is -0.497 e. The van der Waals surface area contributed by atoms with E-state index in [9.17, 15) is 0 Å². The lowest BCUT2D eigenvalue weighted by Gasteiger charge is -2.21. The molecule has 4 nitrogen and oxygen atoms in total. The van der Waals surface area contributed by atoms with E-state index in [-0.39, 0.29) is 0 Å². The second-order valence-corrected chi connectivity index (χ2v) is 5.13. The Bertz CT molecular complexity index is 587. The summed E-state index contributed by atoms with van der Waals surface area (Å²) < 4.78 is 10.8. The largest absolute Gasteiger partial charge is 0.497 e. The molecule has 0 saturated heterocycles. The predicted octanol–water partition coefficient (Wildman–Crippen LogP) is 3.40. The highest BCUT2D eigenvalue weighted by atomic mass is 32.1. The first-order valence-corrected chi connectivity index (χ1v) is 7.44. The molecule has 0 aliphatic carbocycles. The molecule has 0 amide bonds. The third kappa shape index (κ3) is 4.93. The third-order valence-corrected chi connectivity index (χ3v) is 3.54. The normalized spacial score (nSPS) is 9.91. The van der Waals surface area contributed by atoms with E-state index in [2.05, 4.69) is 5.32 Å². The molecular weight excluding hydrogens is 296 g/mol. The van der Waals surface area contributed by atoms with E-state index in [1.165, 1.54) is 0 Å². The van der Waals surface area contributed by atoms with Gasteiger partial charge in [0.15, 0.2) is 5.11 Å². The quantitative estimate of drug-likeness (QED) is 0.826. The number of nitrogens with one attached hydrogen (secondary N) is 1. The van der Waals surface area contributed by atoms with E-state index in [4.69, 9.17) is 21.7 Å². The van der Waals surface area contributed by atoms with Gasteiger partial charge in [0.25, 0.3) is 0 Å². The van der Waals surface area contributed by atoms with E-state index in [0.29, 0.717) is 18.3 Å². The minimum atomic E-state index is 0.574. The Hall–Kier alpha value is -2.27. The molecule has 0 aliphatic heterocycles. The Morgan fingerprint density at radius 2 is 1.73 bits per heavy atom. The average Bonchev–Trinajstić information content (AvgIpc) is 2.56. The van der Waals surface area contributed by atoms with Crippen LogP contribution in [0.1, 0.15) is 0 Å². The van der Waals surface area contributed by atoms with Crippen molar-refractivity contribution in [2.45, 2.75) is 0 Å². The zero-order valence-electron chi connectivity index (χ0n) is 12.8. The van der Waals surface area contributed by atoms with E-state index in [1.807, 2.05) is 66.5 Å². The second kappa shape index (κ2) is 8.24. The maximum atomic E-state index is 5.66. The lowest BCUT2D eigenvalue weighted by molar-refractivity contribution is 0.285. The van der Waals surface area contributed by atoms with Gasteiger partial charge < -0.3 is 19.7 Å². The first-order chi connectivity index (χ1) is 10.7. The van der Waals surface area contributed by atoms with Crippen LogP contribution in [0.5, 0.6) is 11.5 Å². The standard InChI is InChI=1S/C17H20N2O2S/c1-19(12-13-21-16-6-4-3-5-7-16)17(22)18-14-8-10-15(20-2)11-9-14/h3-11H,12-13H2,1-2H3,(H,18,22). The van der Waals surface area contributed by atoms with Crippen molar-refractivity contribution in [3.8, 4) is 11.5 Å². The number of ether oxygens (including phenoxy) is 2. The molecule has 5 heteroatoms. The van der Waals surface area contributed by atoms with Crippen molar-refractivity contribution in [1.29, 1.82) is 0 Å². The van der Waals surface area contributed by atoms with E-state index in [1.54, 1.807) is 7.11 Å². The van der Waals surface area contributed by atoms with Gasteiger partial charge in [0.1, 0.15) is 18.1 Å². The fraction of sp³-hybridized carbons (Fsp3) is 0.235. The van der Waals surface area contributed by atoms with Crippen LogP contribution in [-0.4, -0.2) is 37.3 Å². The number of anilines is 1. The van der Waals surface area contributed by atoms with Crippen LogP contribution in [-0.2, 0) is 0 Å². The molecule has 0 spiro atoms. The predicted molar refractivity (Wildman–Crippen MR) is 93.8 cm³/mol. The van der Waals surface area contributed by atoms with Crippen molar-refractivity contribution in [2.24, 2.45) is 0 Å². The molecule has 0 unspecified atom stereocenters. The summed E-state index contributed by atoms with van der Waals surface area (Å²) in [7, 11) is 3.58. The molecule has 0 saturated carbocycles. The van der Waals surface area contributed by atoms with Crippen LogP contribution in [0.4, 0.5) is 5.69 Å². The van der Waals surface area contributed by atoms with Crippen LogP contribution in [0.2, 0.25) is 0 Å². The van der Waals surface area contributed by atoms with Gasteiger partial charge in [-0.3, -0.25) is 0 Å². The summed E-state index contributed by atoms with van der Waals surface area (Å²) in [6.07, 6.45) is 0. The van der Waals surface area contributed by atoms with Crippen LogP contribution < -0.4 is 14.8 Å². The van der Waals surface area contributed by atoms with E-state index in [0.717, 1.165) is 17.2 Å². The van der Waals surface area contributed by atoms with Gasteiger partial charge in [-0.1, -0.05) is 18.2 Å². The number of thiocarbonyl (C=S) groups is 1. The first kappa shape index (κ1) is 16.1. The summed E-state index contributed by atoms with van der Waals surface area (Å²) in [5.74, 6) is 1.69. The van der Waals surface area contributed by atoms with Crippen molar-refractivity contribution < 1.29 is 9.47 Å². The molecule has 1 N–H and O–H groups in total. The Morgan fingerprint density at radius 1 is 1.05 bits per heavy atom.